The van der Waals surface area contributed by atoms with E-state index in [-0.39, 0.29) is 0 Å². The maximum Gasteiger partial charge on any atom is 0.0875 e. The van der Waals surface area contributed by atoms with Crippen LogP contribution in [0.1, 0.15) is 11.4 Å². The molecular weight excluding hydrogens is 202 g/mol. The van der Waals surface area contributed by atoms with Crippen molar-refractivity contribution in [3.63, 3.8) is 0 Å². The van der Waals surface area contributed by atoms with Crippen molar-refractivity contribution in [2.24, 2.45) is 5.73 Å². The van der Waals surface area contributed by atoms with Crippen LogP contribution in [0.25, 0.3) is 10.8 Å². The molecule has 4 nitrogen and oxygen atoms in total. The number of aromatic nitrogens is 2. The van der Waals surface area contributed by atoms with Crippen molar-refractivity contribution < 1.29 is 4.74 Å². The molecule has 3 heterocycles. The van der Waals surface area contributed by atoms with Gasteiger partial charge in [0, 0.05) is 36.1 Å². The summed E-state index contributed by atoms with van der Waals surface area (Å²) in [4.78, 5) is 4.41. The second-order valence-electron chi connectivity index (χ2n) is 4.08. The van der Waals surface area contributed by atoms with Crippen LogP contribution in [0, 0.1) is 0 Å². The molecule has 16 heavy (non-hydrogen) atoms. The highest BCUT2D eigenvalue weighted by Crippen LogP contribution is 2.26. The lowest BCUT2D eigenvalue weighted by Gasteiger charge is -2.15. The summed E-state index contributed by atoms with van der Waals surface area (Å²) in [5.74, 6) is 0. The first kappa shape index (κ1) is 9.81. The molecule has 0 atom stereocenters. The van der Waals surface area contributed by atoms with Crippen molar-refractivity contribution in [1.29, 1.82) is 0 Å². The molecular formula is C12H15N3O. The molecule has 0 aliphatic carbocycles. The van der Waals surface area contributed by atoms with Gasteiger partial charge in [0.05, 0.1) is 24.6 Å². The average Bonchev–Trinajstić information content (AvgIpc) is 2.69. The van der Waals surface area contributed by atoms with E-state index >= 15 is 0 Å². The molecule has 2 N–H and O–H groups in total. The van der Waals surface area contributed by atoms with Crippen molar-refractivity contribution in [2.45, 2.75) is 19.6 Å². The highest BCUT2D eigenvalue weighted by Gasteiger charge is 2.15. The van der Waals surface area contributed by atoms with E-state index in [1.807, 2.05) is 6.20 Å². The highest BCUT2D eigenvalue weighted by molar-refractivity contribution is 5.87. The molecule has 2 aromatic rings. The summed E-state index contributed by atoms with van der Waals surface area (Å²) in [6.07, 6.45) is 4.88. The van der Waals surface area contributed by atoms with Gasteiger partial charge in [-0.15, -0.1) is 0 Å². The normalized spacial score (nSPS) is 15.3. The van der Waals surface area contributed by atoms with Crippen molar-refractivity contribution in [3.05, 3.63) is 29.8 Å². The zero-order valence-corrected chi connectivity index (χ0v) is 9.15. The number of rotatable bonds is 2. The summed E-state index contributed by atoms with van der Waals surface area (Å²) < 4.78 is 7.77. The molecule has 2 aromatic heterocycles. The van der Waals surface area contributed by atoms with E-state index < -0.39 is 0 Å². The monoisotopic (exact) mass is 217 g/mol. The van der Waals surface area contributed by atoms with Gasteiger partial charge >= 0.3 is 0 Å². The molecule has 84 valence electrons. The third-order valence-corrected chi connectivity index (χ3v) is 3.11. The highest BCUT2D eigenvalue weighted by atomic mass is 16.5. The average molecular weight is 217 g/mol. The Morgan fingerprint density at radius 2 is 2.38 bits per heavy atom. The van der Waals surface area contributed by atoms with Crippen molar-refractivity contribution in [2.75, 3.05) is 13.2 Å². The smallest absolute Gasteiger partial charge is 0.0875 e. The molecule has 0 radical (unpaired) electrons. The third kappa shape index (κ3) is 1.42. The quantitative estimate of drug-likeness (QED) is 0.818. The minimum Gasteiger partial charge on any atom is -0.373 e. The van der Waals surface area contributed by atoms with Crippen LogP contribution in [-0.4, -0.2) is 22.7 Å². The molecule has 4 heteroatoms. The summed E-state index contributed by atoms with van der Waals surface area (Å²) in [5, 5.41) is 2.49. The van der Waals surface area contributed by atoms with Crippen LogP contribution in [0.5, 0.6) is 0 Å². The molecule has 0 saturated carbocycles. The molecule has 1 aliphatic heterocycles. The SMILES string of the molecule is NCCc1nccc2c3n(cc12)CCOC3. The van der Waals surface area contributed by atoms with Crippen molar-refractivity contribution >= 4 is 10.8 Å². The van der Waals surface area contributed by atoms with Gasteiger partial charge in [-0.1, -0.05) is 0 Å². The van der Waals surface area contributed by atoms with Crippen LogP contribution in [0.2, 0.25) is 0 Å². The minimum absolute atomic E-state index is 0.642. The fourth-order valence-electron chi connectivity index (χ4n) is 2.33. The van der Waals surface area contributed by atoms with Gasteiger partial charge in [0.25, 0.3) is 0 Å². The first-order valence-electron chi connectivity index (χ1n) is 5.63. The first-order valence-corrected chi connectivity index (χ1v) is 5.63. The Kier molecular flexibility index (Phi) is 2.38. The summed E-state index contributed by atoms with van der Waals surface area (Å²) in [7, 11) is 0. The van der Waals surface area contributed by atoms with Gasteiger partial charge in [-0.3, -0.25) is 4.98 Å². The fraction of sp³-hybridized carbons (Fsp3) is 0.417. The van der Waals surface area contributed by atoms with E-state index in [9.17, 15) is 0 Å². The summed E-state index contributed by atoms with van der Waals surface area (Å²) in [5.41, 5.74) is 7.97. The minimum atomic E-state index is 0.642. The lowest BCUT2D eigenvalue weighted by molar-refractivity contribution is 0.0861. The van der Waals surface area contributed by atoms with Gasteiger partial charge in [0.1, 0.15) is 0 Å². The number of ether oxygens (including phenoxy) is 1. The van der Waals surface area contributed by atoms with Crippen LogP contribution in [-0.2, 0) is 24.3 Å². The van der Waals surface area contributed by atoms with E-state index in [4.69, 9.17) is 10.5 Å². The van der Waals surface area contributed by atoms with Crippen LogP contribution in [0.4, 0.5) is 0 Å². The number of hydrogen-bond donors (Lipinski definition) is 1. The van der Waals surface area contributed by atoms with Gasteiger partial charge in [-0.25, -0.2) is 0 Å². The molecule has 0 bridgehead atoms. The van der Waals surface area contributed by atoms with E-state index in [1.165, 1.54) is 16.5 Å². The van der Waals surface area contributed by atoms with E-state index in [0.717, 1.165) is 25.3 Å². The van der Waals surface area contributed by atoms with Crippen molar-refractivity contribution in [1.82, 2.24) is 9.55 Å². The largest absolute Gasteiger partial charge is 0.373 e. The molecule has 0 spiro atoms. The molecule has 3 rings (SSSR count). The summed E-state index contributed by atoms with van der Waals surface area (Å²) >= 11 is 0. The molecule has 1 aliphatic rings. The van der Waals surface area contributed by atoms with Crippen LogP contribution < -0.4 is 5.73 Å². The lowest BCUT2D eigenvalue weighted by atomic mass is 10.1. The topological polar surface area (TPSA) is 53.1 Å². The first-order chi connectivity index (χ1) is 7.90. The number of hydrogen-bond acceptors (Lipinski definition) is 3. The Bertz CT molecular complexity index is 518. The van der Waals surface area contributed by atoms with E-state index in [1.54, 1.807) is 0 Å². The second-order valence-corrected chi connectivity index (χ2v) is 4.08. The second kappa shape index (κ2) is 3.88. The van der Waals surface area contributed by atoms with E-state index in [0.29, 0.717) is 13.2 Å². The van der Waals surface area contributed by atoms with E-state index in [2.05, 4.69) is 21.8 Å². The van der Waals surface area contributed by atoms with Gasteiger partial charge in [0.15, 0.2) is 0 Å². The number of nitrogens with zero attached hydrogens (tertiary/aromatic N) is 2. The van der Waals surface area contributed by atoms with Crippen LogP contribution in [0.3, 0.4) is 0 Å². The molecule has 0 saturated heterocycles. The van der Waals surface area contributed by atoms with Gasteiger partial charge in [0.2, 0.25) is 0 Å². The number of pyridine rings is 1. The van der Waals surface area contributed by atoms with Gasteiger partial charge in [-0.2, -0.15) is 0 Å². The summed E-state index contributed by atoms with van der Waals surface area (Å²) in [6.45, 7) is 3.08. The predicted molar refractivity (Wildman–Crippen MR) is 62.1 cm³/mol. The lowest BCUT2D eigenvalue weighted by Crippen LogP contribution is -2.15. The Morgan fingerprint density at radius 1 is 1.44 bits per heavy atom. The Balaban J connectivity index is 2.21. The van der Waals surface area contributed by atoms with Crippen LogP contribution >= 0.6 is 0 Å². The third-order valence-electron chi connectivity index (χ3n) is 3.11. The Hall–Kier alpha value is -1.39. The van der Waals surface area contributed by atoms with Gasteiger partial charge in [-0.05, 0) is 12.6 Å². The Morgan fingerprint density at radius 3 is 3.25 bits per heavy atom. The zero-order chi connectivity index (χ0) is 11.0. The fourth-order valence-corrected chi connectivity index (χ4v) is 2.33. The number of fused-ring (bicyclic) bond motifs is 3. The molecule has 0 fully saturated rings. The molecule has 0 aromatic carbocycles. The van der Waals surface area contributed by atoms with Gasteiger partial charge < -0.3 is 15.0 Å². The maximum absolute atomic E-state index is 5.60. The molecule has 0 amide bonds. The summed E-state index contributed by atoms with van der Waals surface area (Å²) in [6, 6.07) is 2.07. The predicted octanol–water partition coefficient (Wildman–Crippen LogP) is 1.07. The molecule has 0 unspecified atom stereocenters. The van der Waals surface area contributed by atoms with Crippen molar-refractivity contribution in [3.8, 4) is 0 Å². The van der Waals surface area contributed by atoms with Crippen LogP contribution in [0.15, 0.2) is 18.5 Å². The standard InChI is InChI=1S/C12H15N3O/c13-3-1-11-10-7-15-5-6-16-8-12(15)9(10)2-4-14-11/h2,4,7H,1,3,5-6,8,13H2. The zero-order valence-electron chi connectivity index (χ0n) is 9.15. The Labute approximate surface area is 94.0 Å². The number of nitrogens with two attached hydrogens (primary N) is 1. The maximum atomic E-state index is 5.60.